The molecule has 1 amide bonds. The number of carbonyl (C=O) groups is 2. The van der Waals surface area contributed by atoms with E-state index in [1.807, 2.05) is 31.2 Å². The number of nitrogens with zero attached hydrogens (tertiary/aromatic N) is 3. The van der Waals surface area contributed by atoms with Gasteiger partial charge in [0.15, 0.2) is 11.0 Å². The molecule has 0 aliphatic rings. The van der Waals surface area contributed by atoms with E-state index in [1.165, 1.54) is 28.7 Å². The highest BCUT2D eigenvalue weighted by Crippen LogP contribution is 2.21. The summed E-state index contributed by atoms with van der Waals surface area (Å²) in [5, 5.41) is 12.4. The largest absolute Gasteiger partial charge is 0.466 e. The molecule has 2 heterocycles. The van der Waals surface area contributed by atoms with Crippen LogP contribution in [0.4, 0.5) is 5.13 Å². The van der Waals surface area contributed by atoms with Crippen molar-refractivity contribution in [3.8, 4) is 11.4 Å². The number of aryl methyl sites for hydroxylation is 1. The van der Waals surface area contributed by atoms with Gasteiger partial charge < -0.3 is 10.1 Å². The summed E-state index contributed by atoms with van der Waals surface area (Å²) in [4.78, 5) is 32.2. The highest BCUT2D eigenvalue weighted by Gasteiger charge is 2.12. The zero-order valence-corrected chi connectivity index (χ0v) is 17.0. The molecule has 8 nitrogen and oxygen atoms in total. The Bertz CT molecular complexity index is 952. The summed E-state index contributed by atoms with van der Waals surface area (Å²) >= 11 is 2.49. The van der Waals surface area contributed by atoms with Gasteiger partial charge in [-0.2, -0.15) is 0 Å². The molecule has 0 saturated heterocycles. The van der Waals surface area contributed by atoms with Crippen molar-refractivity contribution in [1.82, 2.24) is 20.2 Å². The first-order chi connectivity index (χ1) is 13.5. The molecule has 3 aromatic rings. The van der Waals surface area contributed by atoms with E-state index in [1.54, 1.807) is 12.3 Å². The fourth-order valence-corrected chi connectivity index (χ4v) is 3.57. The second-order valence-corrected chi connectivity index (χ2v) is 7.60. The Labute approximate surface area is 170 Å². The molecule has 2 aromatic heterocycles. The van der Waals surface area contributed by atoms with Gasteiger partial charge in [-0.3, -0.25) is 14.7 Å². The number of anilines is 1. The molecule has 146 valence electrons. The molecule has 0 radical (unpaired) electrons. The monoisotopic (exact) mass is 417 g/mol. The summed E-state index contributed by atoms with van der Waals surface area (Å²) in [5.41, 5.74) is 2.68. The van der Waals surface area contributed by atoms with Crippen LogP contribution in [0.2, 0.25) is 0 Å². The van der Waals surface area contributed by atoms with Crippen LogP contribution in [0.15, 0.2) is 34.8 Å². The molecule has 0 aliphatic heterocycles. The molecule has 0 fully saturated rings. The second-order valence-electron chi connectivity index (χ2n) is 5.80. The number of esters is 1. The van der Waals surface area contributed by atoms with Crippen molar-refractivity contribution >= 4 is 40.1 Å². The van der Waals surface area contributed by atoms with Crippen molar-refractivity contribution < 1.29 is 14.3 Å². The van der Waals surface area contributed by atoms with Crippen LogP contribution in [0.1, 0.15) is 18.2 Å². The summed E-state index contributed by atoms with van der Waals surface area (Å²) in [6.07, 6.45) is 0.0912. The normalized spacial score (nSPS) is 10.6. The molecule has 1 aromatic carbocycles. The fourth-order valence-electron chi connectivity index (χ4n) is 2.24. The molecule has 0 saturated carbocycles. The summed E-state index contributed by atoms with van der Waals surface area (Å²) in [6.45, 7) is 4.10. The maximum absolute atomic E-state index is 12.1. The van der Waals surface area contributed by atoms with E-state index in [4.69, 9.17) is 4.74 Å². The SMILES string of the molecule is CCOC(=O)Cc1csc(NC(=O)CSc2n[nH]c(-c3ccc(C)cc3)n2)n1. The van der Waals surface area contributed by atoms with Crippen LogP contribution >= 0.6 is 23.1 Å². The van der Waals surface area contributed by atoms with E-state index < -0.39 is 0 Å². The van der Waals surface area contributed by atoms with Crippen LogP contribution < -0.4 is 5.32 Å². The van der Waals surface area contributed by atoms with Gasteiger partial charge in [0, 0.05) is 10.9 Å². The molecule has 3 rings (SSSR count). The average Bonchev–Trinajstić information content (AvgIpc) is 3.30. The number of hydrogen-bond donors (Lipinski definition) is 2. The number of ether oxygens (including phenoxy) is 1. The van der Waals surface area contributed by atoms with Gasteiger partial charge in [-0.15, -0.1) is 16.4 Å². The van der Waals surface area contributed by atoms with Crippen LogP contribution in [0.25, 0.3) is 11.4 Å². The number of rotatable bonds is 8. The van der Waals surface area contributed by atoms with E-state index in [9.17, 15) is 9.59 Å². The third kappa shape index (κ3) is 5.64. The second kappa shape index (κ2) is 9.47. The maximum Gasteiger partial charge on any atom is 0.311 e. The Morgan fingerprint density at radius 2 is 2.04 bits per heavy atom. The summed E-state index contributed by atoms with van der Waals surface area (Å²) in [5.74, 6) is 0.253. The van der Waals surface area contributed by atoms with Crippen LogP contribution in [0.5, 0.6) is 0 Å². The van der Waals surface area contributed by atoms with Gasteiger partial charge in [0.1, 0.15) is 0 Å². The lowest BCUT2D eigenvalue weighted by molar-refractivity contribution is -0.142. The van der Waals surface area contributed by atoms with Gasteiger partial charge in [0.2, 0.25) is 11.1 Å². The number of H-pyrrole nitrogens is 1. The Kier molecular flexibility index (Phi) is 6.77. The van der Waals surface area contributed by atoms with Gasteiger partial charge >= 0.3 is 5.97 Å². The van der Waals surface area contributed by atoms with Gasteiger partial charge in [-0.05, 0) is 13.8 Å². The first kappa shape index (κ1) is 20.0. The zero-order valence-electron chi connectivity index (χ0n) is 15.4. The van der Waals surface area contributed by atoms with Gasteiger partial charge in [-0.25, -0.2) is 9.97 Å². The first-order valence-electron chi connectivity index (χ1n) is 8.55. The first-order valence-corrected chi connectivity index (χ1v) is 10.4. The summed E-state index contributed by atoms with van der Waals surface area (Å²) < 4.78 is 4.88. The summed E-state index contributed by atoms with van der Waals surface area (Å²) in [7, 11) is 0. The van der Waals surface area contributed by atoms with Crippen LogP contribution in [0, 0.1) is 6.92 Å². The molecule has 2 N–H and O–H groups in total. The van der Waals surface area contributed by atoms with Crippen molar-refractivity contribution in [3.05, 3.63) is 40.9 Å². The zero-order chi connectivity index (χ0) is 19.9. The fraction of sp³-hybridized carbons (Fsp3) is 0.278. The standard InChI is InChI=1S/C18H19N5O3S2/c1-3-26-15(25)8-13-9-27-17(19-13)20-14(24)10-28-18-21-16(22-23-18)12-6-4-11(2)5-7-12/h4-7,9H,3,8,10H2,1-2H3,(H,19,20,24)(H,21,22,23). The number of benzene rings is 1. The lowest BCUT2D eigenvalue weighted by Gasteiger charge is -2.00. The van der Waals surface area contributed by atoms with Crippen LogP contribution in [0.3, 0.4) is 0 Å². The van der Waals surface area contributed by atoms with E-state index in [-0.39, 0.29) is 24.1 Å². The minimum Gasteiger partial charge on any atom is -0.466 e. The van der Waals surface area contributed by atoms with E-state index in [0.717, 1.165) is 5.56 Å². The lowest BCUT2D eigenvalue weighted by atomic mass is 10.1. The Morgan fingerprint density at radius 1 is 1.25 bits per heavy atom. The maximum atomic E-state index is 12.1. The topological polar surface area (TPSA) is 110 Å². The van der Waals surface area contributed by atoms with Crippen LogP contribution in [-0.4, -0.2) is 44.4 Å². The molecule has 0 bridgehead atoms. The molecule has 0 unspecified atom stereocenters. The average molecular weight is 418 g/mol. The third-order valence-corrected chi connectivity index (χ3v) is 5.20. The number of aromatic amines is 1. The highest BCUT2D eigenvalue weighted by molar-refractivity contribution is 7.99. The van der Waals surface area contributed by atoms with Crippen molar-refractivity contribution in [3.63, 3.8) is 0 Å². The molecular formula is C18H19N5O3S2. The Hall–Kier alpha value is -2.72. The number of amides is 1. The Balaban J connectivity index is 1.49. The number of nitrogens with one attached hydrogen (secondary N) is 2. The quantitative estimate of drug-likeness (QED) is 0.428. The van der Waals surface area contributed by atoms with E-state index >= 15 is 0 Å². The van der Waals surface area contributed by atoms with E-state index in [0.29, 0.717) is 28.4 Å². The number of thiazole rings is 1. The predicted octanol–water partition coefficient (Wildman–Crippen LogP) is 3.07. The Morgan fingerprint density at radius 3 is 2.79 bits per heavy atom. The predicted molar refractivity (Wildman–Crippen MR) is 108 cm³/mol. The smallest absolute Gasteiger partial charge is 0.311 e. The third-order valence-electron chi connectivity index (χ3n) is 3.55. The minimum atomic E-state index is -0.338. The van der Waals surface area contributed by atoms with Crippen molar-refractivity contribution in [2.75, 3.05) is 17.7 Å². The minimum absolute atomic E-state index is 0.0912. The number of thioether (sulfide) groups is 1. The van der Waals surface area contributed by atoms with Gasteiger partial charge in [0.25, 0.3) is 0 Å². The molecule has 28 heavy (non-hydrogen) atoms. The van der Waals surface area contributed by atoms with Gasteiger partial charge in [0.05, 0.1) is 24.5 Å². The van der Waals surface area contributed by atoms with Crippen molar-refractivity contribution in [1.29, 1.82) is 0 Å². The molecular weight excluding hydrogens is 398 g/mol. The van der Waals surface area contributed by atoms with Crippen molar-refractivity contribution in [2.24, 2.45) is 0 Å². The molecule has 0 spiro atoms. The number of carbonyl (C=O) groups excluding carboxylic acids is 2. The number of hydrogen-bond acceptors (Lipinski definition) is 8. The van der Waals surface area contributed by atoms with Gasteiger partial charge in [-0.1, -0.05) is 41.6 Å². The molecule has 10 heteroatoms. The van der Waals surface area contributed by atoms with Crippen molar-refractivity contribution in [2.45, 2.75) is 25.4 Å². The number of aromatic nitrogens is 4. The van der Waals surface area contributed by atoms with Crippen LogP contribution in [-0.2, 0) is 20.7 Å². The summed E-state index contributed by atoms with van der Waals surface area (Å²) in [6, 6.07) is 7.94. The van der Waals surface area contributed by atoms with E-state index in [2.05, 4.69) is 25.5 Å². The molecule has 0 atom stereocenters. The molecule has 0 aliphatic carbocycles. The highest BCUT2D eigenvalue weighted by atomic mass is 32.2. The lowest BCUT2D eigenvalue weighted by Crippen LogP contribution is -2.14.